The maximum absolute atomic E-state index is 14.6. The molecule has 3 N–H and O–H groups in total. The van der Waals surface area contributed by atoms with E-state index >= 15 is 0 Å². The van der Waals surface area contributed by atoms with Gasteiger partial charge in [0.1, 0.15) is 12.7 Å². The molecule has 4 rings (SSSR count). The van der Waals surface area contributed by atoms with Crippen LogP contribution < -0.4 is 11.1 Å². The number of rotatable bonds is 5. The van der Waals surface area contributed by atoms with Crippen molar-refractivity contribution in [2.75, 3.05) is 25.5 Å². The number of benzene rings is 1. The van der Waals surface area contributed by atoms with E-state index in [9.17, 15) is 17.6 Å². The Balaban J connectivity index is 1.77. The first-order valence-electron chi connectivity index (χ1n) is 9.55. The first kappa shape index (κ1) is 20.6. The second-order valence-corrected chi connectivity index (χ2v) is 7.55. The van der Waals surface area contributed by atoms with Crippen molar-refractivity contribution < 1.29 is 22.1 Å². The Hall–Kier alpha value is -2.66. The summed E-state index contributed by atoms with van der Waals surface area (Å²) in [5, 5.41) is 7.62. The lowest BCUT2D eigenvalue weighted by molar-refractivity contribution is -0.139. The topological polar surface area (TPSA) is 85.1 Å². The summed E-state index contributed by atoms with van der Waals surface area (Å²) in [6.45, 7) is -0.0788. The normalized spacial score (nSPS) is 20.7. The Kier molecular flexibility index (Phi) is 5.41. The number of fused-ring (bicyclic) bond motifs is 1. The summed E-state index contributed by atoms with van der Waals surface area (Å²) in [6, 6.07) is 4.42. The number of aromatic nitrogens is 3. The van der Waals surface area contributed by atoms with Crippen molar-refractivity contribution in [2.24, 2.45) is 5.73 Å². The van der Waals surface area contributed by atoms with Gasteiger partial charge in [-0.3, -0.25) is 0 Å². The van der Waals surface area contributed by atoms with Crippen LogP contribution in [-0.2, 0) is 13.1 Å². The van der Waals surface area contributed by atoms with Gasteiger partial charge in [0.25, 0.3) is 0 Å². The molecule has 0 saturated carbocycles. The Morgan fingerprint density at radius 3 is 2.80 bits per heavy atom. The lowest BCUT2D eigenvalue weighted by atomic mass is 10.0. The van der Waals surface area contributed by atoms with Crippen molar-refractivity contribution in [1.29, 1.82) is 0 Å². The van der Waals surface area contributed by atoms with Crippen LogP contribution in [0.4, 0.5) is 23.2 Å². The molecule has 0 amide bonds. The fraction of sp³-hybridized carbons (Fsp3) is 0.474. The van der Waals surface area contributed by atoms with E-state index in [2.05, 4.69) is 15.5 Å². The first-order valence-corrected chi connectivity index (χ1v) is 9.55. The fourth-order valence-corrected chi connectivity index (χ4v) is 3.75. The lowest BCUT2D eigenvalue weighted by Crippen LogP contribution is -2.46. The highest BCUT2D eigenvalue weighted by Crippen LogP contribution is 2.34. The molecule has 0 bridgehead atoms. The Morgan fingerprint density at radius 2 is 2.13 bits per heavy atom. The molecule has 1 aliphatic heterocycles. The number of hydrogen-bond donors (Lipinski definition) is 2. The van der Waals surface area contributed by atoms with E-state index < -0.39 is 24.9 Å². The maximum atomic E-state index is 14.6. The molecule has 3 aromatic rings. The number of nitrogens with one attached hydrogen (secondary N) is 1. The predicted octanol–water partition coefficient (Wildman–Crippen LogP) is 3.17. The Morgan fingerprint density at radius 1 is 1.33 bits per heavy atom. The number of likely N-dealkylation sites (tertiary alicyclic amines) is 1. The van der Waals surface area contributed by atoms with Crippen molar-refractivity contribution in [2.45, 2.75) is 37.9 Å². The third-order valence-corrected chi connectivity index (χ3v) is 5.22. The van der Waals surface area contributed by atoms with E-state index in [0.717, 1.165) is 11.1 Å². The van der Waals surface area contributed by atoms with Gasteiger partial charge in [-0.2, -0.15) is 18.2 Å². The van der Waals surface area contributed by atoms with Gasteiger partial charge in [-0.05, 0) is 31.7 Å². The summed E-state index contributed by atoms with van der Waals surface area (Å²) in [5.74, 6) is 0.421. The molecule has 3 heterocycles. The third-order valence-electron chi connectivity index (χ3n) is 5.22. The average molecular weight is 426 g/mol. The smallest absolute Gasteiger partial charge is 0.379 e. The number of hydrogen-bond acceptors (Lipinski definition) is 6. The zero-order chi connectivity index (χ0) is 21.5. The zero-order valence-electron chi connectivity index (χ0n) is 16.3. The van der Waals surface area contributed by atoms with Gasteiger partial charge >= 0.3 is 6.18 Å². The number of piperidine rings is 1. The highest BCUT2D eigenvalue weighted by molar-refractivity contribution is 5.96. The first-order chi connectivity index (χ1) is 14.2. The van der Waals surface area contributed by atoms with Gasteiger partial charge in [0, 0.05) is 35.9 Å². The molecule has 1 aromatic carbocycles. The van der Waals surface area contributed by atoms with Crippen molar-refractivity contribution >= 4 is 16.6 Å². The summed E-state index contributed by atoms with van der Waals surface area (Å²) < 4.78 is 59.8. The molecule has 2 atom stereocenters. The van der Waals surface area contributed by atoms with Crippen LogP contribution in [0.25, 0.3) is 22.3 Å². The van der Waals surface area contributed by atoms with Crippen LogP contribution in [0.3, 0.4) is 0 Å². The molecule has 0 aliphatic carbocycles. The highest BCUT2D eigenvalue weighted by atomic mass is 19.4. The molecule has 1 aliphatic rings. The summed E-state index contributed by atoms with van der Waals surface area (Å²) in [4.78, 5) is 6.07. The summed E-state index contributed by atoms with van der Waals surface area (Å²) >= 11 is 0. The van der Waals surface area contributed by atoms with Crippen LogP contribution in [0, 0.1) is 0 Å². The molecule has 30 heavy (non-hydrogen) atoms. The minimum Gasteiger partial charge on any atom is -0.379 e. The van der Waals surface area contributed by atoms with Crippen LogP contribution in [0.5, 0.6) is 0 Å². The second-order valence-electron chi connectivity index (χ2n) is 7.55. The van der Waals surface area contributed by atoms with E-state index in [1.807, 2.05) is 11.9 Å². The minimum absolute atomic E-state index is 0.0456. The molecule has 162 valence electrons. The largest absolute Gasteiger partial charge is 0.406 e. The molecule has 2 unspecified atom stereocenters. The van der Waals surface area contributed by atoms with E-state index in [1.54, 1.807) is 18.2 Å². The second kappa shape index (κ2) is 7.88. The van der Waals surface area contributed by atoms with Crippen molar-refractivity contribution in [3.63, 3.8) is 0 Å². The molecule has 0 spiro atoms. The molecule has 0 radical (unpaired) electrons. The molecular formula is C19H22F4N6O. The summed E-state index contributed by atoms with van der Waals surface area (Å²) in [7, 11) is 1.85. The van der Waals surface area contributed by atoms with Gasteiger partial charge in [0.15, 0.2) is 0 Å². The maximum Gasteiger partial charge on any atom is 0.406 e. The van der Waals surface area contributed by atoms with Crippen molar-refractivity contribution in [1.82, 2.24) is 19.6 Å². The van der Waals surface area contributed by atoms with E-state index in [4.69, 9.17) is 10.3 Å². The van der Waals surface area contributed by atoms with Gasteiger partial charge in [-0.25, -0.2) is 4.39 Å². The van der Waals surface area contributed by atoms with Gasteiger partial charge in [0.05, 0.1) is 18.1 Å². The van der Waals surface area contributed by atoms with Crippen LogP contribution in [0.2, 0.25) is 0 Å². The number of halogens is 4. The molecule has 11 heteroatoms. The number of nitrogens with two attached hydrogens (primary N) is 1. The standard InChI is InChI=1S/C19H22F4N6O/c1-28-4-3-14(13(20)9-28)25-15-6-11(18-26-17(8-24)30-27-18)7-16-12(15)2-5-29(16)10-19(21,22)23/h2,5-7,13-14,25H,3-4,8-10,24H2,1H3. The van der Waals surface area contributed by atoms with Crippen LogP contribution >= 0.6 is 0 Å². The molecule has 1 saturated heterocycles. The number of alkyl halides is 4. The molecule has 1 fully saturated rings. The fourth-order valence-electron chi connectivity index (χ4n) is 3.75. The van der Waals surface area contributed by atoms with Gasteiger partial charge in [-0.1, -0.05) is 5.16 Å². The minimum atomic E-state index is -4.38. The predicted molar refractivity (Wildman–Crippen MR) is 104 cm³/mol. The monoisotopic (exact) mass is 426 g/mol. The van der Waals surface area contributed by atoms with Crippen molar-refractivity contribution in [3.8, 4) is 11.4 Å². The van der Waals surface area contributed by atoms with E-state index in [1.165, 1.54) is 6.20 Å². The summed E-state index contributed by atoms with van der Waals surface area (Å²) in [6.07, 6.45) is -3.54. The lowest BCUT2D eigenvalue weighted by Gasteiger charge is -2.33. The van der Waals surface area contributed by atoms with Gasteiger partial charge in [-0.15, -0.1) is 0 Å². The Bertz CT molecular complexity index is 1030. The van der Waals surface area contributed by atoms with E-state index in [-0.39, 0.29) is 18.3 Å². The Labute approximate surface area is 169 Å². The molecule has 7 nitrogen and oxygen atoms in total. The number of nitrogens with zero attached hydrogens (tertiary/aromatic N) is 4. The van der Waals surface area contributed by atoms with Crippen LogP contribution in [0.15, 0.2) is 28.9 Å². The van der Waals surface area contributed by atoms with E-state index in [0.29, 0.717) is 35.1 Å². The zero-order valence-corrected chi connectivity index (χ0v) is 16.3. The van der Waals surface area contributed by atoms with Gasteiger partial charge in [0.2, 0.25) is 11.7 Å². The highest BCUT2D eigenvalue weighted by Gasteiger charge is 2.30. The number of anilines is 1. The molecule has 2 aromatic heterocycles. The van der Waals surface area contributed by atoms with Crippen LogP contribution in [-0.4, -0.2) is 58.1 Å². The van der Waals surface area contributed by atoms with Crippen molar-refractivity contribution in [3.05, 3.63) is 30.3 Å². The third kappa shape index (κ3) is 4.26. The quantitative estimate of drug-likeness (QED) is 0.610. The van der Waals surface area contributed by atoms with Crippen LogP contribution in [0.1, 0.15) is 12.3 Å². The molecular weight excluding hydrogens is 404 g/mol. The summed E-state index contributed by atoms with van der Waals surface area (Å²) in [5.41, 5.74) is 6.83. The van der Waals surface area contributed by atoms with Gasteiger partial charge < -0.3 is 25.0 Å². The average Bonchev–Trinajstić information content (AvgIpc) is 3.30. The SMILES string of the molecule is CN1CCC(Nc2cc(-c3noc(CN)n3)cc3c2ccn3CC(F)(F)F)C(F)C1.